The SMILES string of the molecule is CCC(N)c1c(C)nn(CCCS(C)(=O)=O)c1C. The Kier molecular flexibility index (Phi) is 4.92. The number of aromatic nitrogens is 2. The minimum atomic E-state index is -2.90. The largest absolute Gasteiger partial charge is 0.324 e. The summed E-state index contributed by atoms with van der Waals surface area (Å²) < 4.78 is 24.0. The Balaban J connectivity index is 2.80. The van der Waals surface area contributed by atoms with Crippen molar-refractivity contribution in [2.24, 2.45) is 5.73 Å². The van der Waals surface area contributed by atoms with Crippen LogP contribution in [0.4, 0.5) is 0 Å². The highest BCUT2D eigenvalue weighted by molar-refractivity contribution is 7.90. The van der Waals surface area contributed by atoms with E-state index in [0.29, 0.717) is 13.0 Å². The molecule has 1 atom stereocenters. The summed E-state index contributed by atoms with van der Waals surface area (Å²) in [7, 11) is -2.90. The first kappa shape index (κ1) is 15.2. The van der Waals surface area contributed by atoms with E-state index in [1.807, 2.05) is 25.5 Å². The summed E-state index contributed by atoms with van der Waals surface area (Å²) in [5, 5.41) is 4.44. The van der Waals surface area contributed by atoms with Gasteiger partial charge in [-0.2, -0.15) is 5.10 Å². The lowest BCUT2D eigenvalue weighted by Gasteiger charge is -2.10. The molecule has 1 unspecified atom stereocenters. The van der Waals surface area contributed by atoms with Gasteiger partial charge in [-0.3, -0.25) is 4.68 Å². The Morgan fingerprint density at radius 3 is 2.50 bits per heavy atom. The van der Waals surface area contributed by atoms with Crippen molar-refractivity contribution in [3.05, 3.63) is 17.0 Å². The molecule has 1 rings (SSSR count). The van der Waals surface area contributed by atoms with E-state index in [1.165, 1.54) is 6.26 Å². The number of sulfone groups is 1. The summed E-state index contributed by atoms with van der Waals surface area (Å²) in [5.74, 6) is 0.195. The van der Waals surface area contributed by atoms with E-state index in [9.17, 15) is 8.42 Å². The molecule has 6 heteroatoms. The first-order valence-electron chi connectivity index (χ1n) is 6.23. The zero-order chi connectivity index (χ0) is 13.9. The normalized spacial score (nSPS) is 13.8. The lowest BCUT2D eigenvalue weighted by Crippen LogP contribution is -2.12. The zero-order valence-electron chi connectivity index (χ0n) is 11.6. The first-order chi connectivity index (χ1) is 8.26. The predicted octanol–water partition coefficient (Wildman–Crippen LogP) is 1.34. The molecule has 0 fully saturated rings. The maximum Gasteiger partial charge on any atom is 0.147 e. The van der Waals surface area contributed by atoms with Crippen molar-refractivity contribution in [3.8, 4) is 0 Å². The third-order valence-electron chi connectivity index (χ3n) is 3.13. The van der Waals surface area contributed by atoms with Crippen molar-refractivity contribution in [2.45, 2.75) is 46.2 Å². The van der Waals surface area contributed by atoms with Gasteiger partial charge in [0, 0.05) is 30.1 Å². The molecular weight excluding hydrogens is 250 g/mol. The van der Waals surface area contributed by atoms with E-state index in [0.717, 1.165) is 23.4 Å². The van der Waals surface area contributed by atoms with Crippen molar-refractivity contribution in [1.82, 2.24) is 9.78 Å². The molecule has 1 heterocycles. The first-order valence-corrected chi connectivity index (χ1v) is 8.29. The topological polar surface area (TPSA) is 78.0 Å². The number of hydrogen-bond donors (Lipinski definition) is 1. The van der Waals surface area contributed by atoms with E-state index < -0.39 is 9.84 Å². The summed E-state index contributed by atoms with van der Waals surface area (Å²) in [5.41, 5.74) is 9.15. The van der Waals surface area contributed by atoms with Gasteiger partial charge in [0.15, 0.2) is 0 Å². The van der Waals surface area contributed by atoms with Gasteiger partial charge in [-0.15, -0.1) is 0 Å². The van der Waals surface area contributed by atoms with Crippen molar-refractivity contribution in [2.75, 3.05) is 12.0 Å². The van der Waals surface area contributed by atoms with Gasteiger partial charge in [-0.25, -0.2) is 8.42 Å². The van der Waals surface area contributed by atoms with E-state index in [1.54, 1.807) is 0 Å². The molecule has 0 saturated carbocycles. The van der Waals surface area contributed by atoms with E-state index in [-0.39, 0.29) is 11.8 Å². The van der Waals surface area contributed by atoms with E-state index in [4.69, 9.17) is 5.73 Å². The molecule has 1 aromatic heterocycles. The lowest BCUT2D eigenvalue weighted by molar-refractivity contribution is 0.565. The van der Waals surface area contributed by atoms with Crippen LogP contribution in [-0.2, 0) is 16.4 Å². The molecule has 0 saturated heterocycles. The van der Waals surface area contributed by atoms with Gasteiger partial charge >= 0.3 is 0 Å². The smallest absolute Gasteiger partial charge is 0.147 e. The molecule has 0 aromatic carbocycles. The summed E-state index contributed by atoms with van der Waals surface area (Å²) in [6.45, 7) is 6.61. The second-order valence-corrected chi connectivity index (χ2v) is 7.07. The molecule has 0 aliphatic rings. The Hall–Kier alpha value is -0.880. The Morgan fingerprint density at radius 2 is 2.00 bits per heavy atom. The molecule has 2 N–H and O–H groups in total. The van der Waals surface area contributed by atoms with E-state index >= 15 is 0 Å². The highest BCUT2D eigenvalue weighted by Gasteiger charge is 2.16. The number of rotatable bonds is 6. The van der Waals surface area contributed by atoms with Gasteiger partial charge in [0.2, 0.25) is 0 Å². The van der Waals surface area contributed by atoms with Crippen LogP contribution in [0.5, 0.6) is 0 Å². The number of aryl methyl sites for hydroxylation is 2. The second-order valence-electron chi connectivity index (χ2n) is 4.81. The Morgan fingerprint density at radius 1 is 1.39 bits per heavy atom. The molecule has 18 heavy (non-hydrogen) atoms. The van der Waals surface area contributed by atoms with Crippen LogP contribution in [0.1, 0.15) is 42.8 Å². The van der Waals surface area contributed by atoms with Gasteiger partial charge in [0.1, 0.15) is 9.84 Å². The van der Waals surface area contributed by atoms with Crippen LogP contribution in [-0.4, -0.2) is 30.2 Å². The van der Waals surface area contributed by atoms with Crippen LogP contribution in [0.3, 0.4) is 0 Å². The fraction of sp³-hybridized carbons (Fsp3) is 0.750. The van der Waals surface area contributed by atoms with Crippen molar-refractivity contribution in [1.29, 1.82) is 0 Å². The fourth-order valence-corrected chi connectivity index (χ4v) is 2.80. The van der Waals surface area contributed by atoms with Crippen LogP contribution in [0.25, 0.3) is 0 Å². The minimum absolute atomic E-state index is 0.00802. The predicted molar refractivity (Wildman–Crippen MR) is 73.2 cm³/mol. The third-order valence-corrected chi connectivity index (χ3v) is 4.16. The van der Waals surface area contributed by atoms with Gasteiger partial charge in [-0.05, 0) is 26.7 Å². The standard InChI is InChI=1S/C12H23N3O2S/c1-5-11(13)12-9(2)14-15(10(12)3)7-6-8-18(4,16)17/h11H,5-8,13H2,1-4H3. The summed E-state index contributed by atoms with van der Waals surface area (Å²) in [4.78, 5) is 0. The molecule has 5 nitrogen and oxygen atoms in total. The molecule has 0 spiro atoms. The fourth-order valence-electron chi connectivity index (χ4n) is 2.15. The summed E-state index contributed by atoms with van der Waals surface area (Å²) in [6.07, 6.45) is 2.71. The van der Waals surface area contributed by atoms with Gasteiger partial charge in [-0.1, -0.05) is 6.92 Å². The minimum Gasteiger partial charge on any atom is -0.324 e. The van der Waals surface area contributed by atoms with Crippen LogP contribution in [0.15, 0.2) is 0 Å². The summed E-state index contributed by atoms with van der Waals surface area (Å²) >= 11 is 0. The van der Waals surface area contributed by atoms with Crippen LogP contribution >= 0.6 is 0 Å². The molecule has 0 amide bonds. The quantitative estimate of drug-likeness (QED) is 0.848. The lowest BCUT2D eigenvalue weighted by atomic mass is 10.0. The third kappa shape index (κ3) is 3.81. The van der Waals surface area contributed by atoms with Crippen molar-refractivity contribution in [3.63, 3.8) is 0 Å². The number of nitrogens with zero attached hydrogens (tertiary/aromatic N) is 2. The molecule has 104 valence electrons. The average Bonchev–Trinajstić information content (AvgIpc) is 2.52. The Bertz CT molecular complexity index is 506. The average molecular weight is 273 g/mol. The molecule has 1 aromatic rings. The monoisotopic (exact) mass is 273 g/mol. The van der Waals surface area contributed by atoms with Crippen LogP contribution < -0.4 is 5.73 Å². The van der Waals surface area contributed by atoms with Crippen molar-refractivity contribution < 1.29 is 8.42 Å². The van der Waals surface area contributed by atoms with Gasteiger partial charge in [0.25, 0.3) is 0 Å². The maximum absolute atomic E-state index is 11.1. The van der Waals surface area contributed by atoms with Crippen LogP contribution in [0.2, 0.25) is 0 Å². The molecule has 0 aliphatic heterocycles. The molecular formula is C12H23N3O2S. The molecule has 0 bridgehead atoms. The number of nitrogens with two attached hydrogens (primary N) is 1. The van der Waals surface area contributed by atoms with E-state index in [2.05, 4.69) is 5.10 Å². The summed E-state index contributed by atoms with van der Waals surface area (Å²) in [6, 6.07) is 0.00802. The second kappa shape index (κ2) is 5.84. The van der Waals surface area contributed by atoms with Gasteiger partial charge in [0.05, 0.1) is 11.4 Å². The number of hydrogen-bond acceptors (Lipinski definition) is 4. The molecule has 0 radical (unpaired) electrons. The maximum atomic E-state index is 11.1. The Labute approximate surface area is 109 Å². The zero-order valence-corrected chi connectivity index (χ0v) is 12.4. The van der Waals surface area contributed by atoms with Gasteiger partial charge < -0.3 is 5.73 Å². The van der Waals surface area contributed by atoms with Crippen molar-refractivity contribution >= 4 is 9.84 Å². The van der Waals surface area contributed by atoms with Crippen LogP contribution in [0, 0.1) is 13.8 Å². The highest BCUT2D eigenvalue weighted by atomic mass is 32.2. The molecule has 0 aliphatic carbocycles. The highest BCUT2D eigenvalue weighted by Crippen LogP contribution is 2.22.